The van der Waals surface area contributed by atoms with Crippen molar-refractivity contribution >= 4 is 50.7 Å². The fraction of sp³-hybridized carbons (Fsp3) is 0.222. The van der Waals surface area contributed by atoms with Crippen LogP contribution in [0.25, 0.3) is 10.2 Å². The van der Waals surface area contributed by atoms with Crippen LogP contribution >= 0.6 is 34.5 Å². The lowest BCUT2D eigenvalue weighted by atomic mass is 10.2. The molecule has 0 spiro atoms. The molecule has 1 N–H and O–H groups in total. The number of carbonyl (C=O) groups excluding carboxylic acids is 1. The quantitative estimate of drug-likeness (QED) is 0.636. The highest BCUT2D eigenvalue weighted by atomic mass is 35.5. The SMILES string of the molecule is O=C(CCCc1nc2ccccc2s1)NCc1ccc(Cl)cc1Cl. The van der Waals surface area contributed by atoms with E-state index in [0.717, 1.165) is 28.9 Å². The summed E-state index contributed by atoms with van der Waals surface area (Å²) in [6, 6.07) is 13.4. The van der Waals surface area contributed by atoms with Crippen LogP contribution in [-0.4, -0.2) is 10.9 Å². The molecule has 0 unspecified atom stereocenters. The Morgan fingerprint density at radius 1 is 1.17 bits per heavy atom. The second kappa shape index (κ2) is 7.97. The number of hydrogen-bond acceptors (Lipinski definition) is 3. The van der Waals surface area contributed by atoms with Gasteiger partial charge in [0.05, 0.1) is 15.2 Å². The summed E-state index contributed by atoms with van der Waals surface area (Å²) in [6.45, 7) is 0.413. The van der Waals surface area contributed by atoms with Gasteiger partial charge in [0.1, 0.15) is 0 Å². The molecule has 3 nitrogen and oxygen atoms in total. The first-order valence-corrected chi connectivity index (χ1v) is 9.24. The van der Waals surface area contributed by atoms with Crippen LogP contribution in [0, 0.1) is 0 Å². The van der Waals surface area contributed by atoms with Crippen molar-refractivity contribution in [2.45, 2.75) is 25.8 Å². The molecule has 1 heterocycles. The molecule has 0 saturated carbocycles. The van der Waals surface area contributed by atoms with Gasteiger partial charge >= 0.3 is 0 Å². The molecule has 3 rings (SSSR count). The van der Waals surface area contributed by atoms with Crippen molar-refractivity contribution in [3.05, 3.63) is 63.1 Å². The van der Waals surface area contributed by atoms with E-state index in [1.54, 1.807) is 23.5 Å². The van der Waals surface area contributed by atoms with Gasteiger partial charge in [0.25, 0.3) is 0 Å². The first kappa shape index (κ1) is 17.2. The molecule has 3 aromatic rings. The zero-order valence-electron chi connectivity index (χ0n) is 12.9. The molecule has 0 aliphatic carbocycles. The van der Waals surface area contributed by atoms with Crippen molar-refractivity contribution in [3.63, 3.8) is 0 Å². The van der Waals surface area contributed by atoms with Crippen molar-refractivity contribution < 1.29 is 4.79 Å². The number of benzene rings is 2. The third-order valence-corrected chi connectivity index (χ3v) is 5.31. The summed E-state index contributed by atoms with van der Waals surface area (Å²) in [5.41, 5.74) is 1.89. The second-order valence-electron chi connectivity index (χ2n) is 5.44. The monoisotopic (exact) mass is 378 g/mol. The normalized spacial score (nSPS) is 10.9. The predicted molar refractivity (Wildman–Crippen MR) is 101 cm³/mol. The Bertz CT molecular complexity index is 830. The number of rotatable bonds is 6. The maximum Gasteiger partial charge on any atom is 0.220 e. The molecule has 0 aliphatic heterocycles. The molecule has 0 aliphatic rings. The summed E-state index contributed by atoms with van der Waals surface area (Å²) in [6.07, 6.45) is 2.07. The van der Waals surface area contributed by atoms with E-state index in [1.807, 2.05) is 24.3 Å². The van der Waals surface area contributed by atoms with E-state index in [2.05, 4.69) is 16.4 Å². The second-order valence-corrected chi connectivity index (χ2v) is 7.40. The number of hydrogen-bond donors (Lipinski definition) is 1. The molecule has 124 valence electrons. The van der Waals surface area contributed by atoms with Crippen LogP contribution in [0.4, 0.5) is 0 Å². The van der Waals surface area contributed by atoms with Crippen molar-refractivity contribution in [2.75, 3.05) is 0 Å². The molecule has 0 atom stereocenters. The van der Waals surface area contributed by atoms with Gasteiger partial charge in [-0.3, -0.25) is 4.79 Å². The molecule has 0 radical (unpaired) electrons. The van der Waals surface area contributed by atoms with E-state index in [-0.39, 0.29) is 5.91 Å². The van der Waals surface area contributed by atoms with Gasteiger partial charge in [0, 0.05) is 23.0 Å². The average Bonchev–Trinajstić information content (AvgIpc) is 2.96. The number of nitrogens with one attached hydrogen (secondary N) is 1. The first-order chi connectivity index (χ1) is 11.6. The van der Waals surface area contributed by atoms with Crippen molar-refractivity contribution in [2.24, 2.45) is 0 Å². The largest absolute Gasteiger partial charge is 0.352 e. The molecule has 2 aromatic carbocycles. The maximum absolute atomic E-state index is 12.0. The smallest absolute Gasteiger partial charge is 0.220 e. The Labute approximate surface area is 154 Å². The van der Waals surface area contributed by atoms with Gasteiger partial charge in [0.2, 0.25) is 5.91 Å². The number of halogens is 2. The van der Waals surface area contributed by atoms with Crippen molar-refractivity contribution in [1.29, 1.82) is 0 Å². The number of thiazole rings is 1. The molecule has 0 bridgehead atoms. The molecule has 0 fully saturated rings. The van der Waals surface area contributed by atoms with Gasteiger partial charge in [0.15, 0.2) is 0 Å². The van der Waals surface area contributed by atoms with Crippen molar-refractivity contribution in [3.8, 4) is 0 Å². The van der Waals surface area contributed by atoms with Crippen LogP contribution in [0.15, 0.2) is 42.5 Å². The van der Waals surface area contributed by atoms with Gasteiger partial charge in [-0.05, 0) is 42.7 Å². The summed E-state index contributed by atoms with van der Waals surface area (Å²) in [7, 11) is 0. The van der Waals surface area contributed by atoms with Gasteiger partial charge < -0.3 is 5.32 Å². The van der Waals surface area contributed by atoms with Gasteiger partial charge in [-0.1, -0.05) is 41.4 Å². The van der Waals surface area contributed by atoms with Crippen LogP contribution < -0.4 is 5.32 Å². The number of para-hydroxylation sites is 1. The molecule has 24 heavy (non-hydrogen) atoms. The topological polar surface area (TPSA) is 42.0 Å². The molecule has 0 saturated heterocycles. The number of aromatic nitrogens is 1. The van der Waals surface area contributed by atoms with E-state index in [4.69, 9.17) is 23.2 Å². The number of carbonyl (C=O) groups is 1. The minimum Gasteiger partial charge on any atom is -0.352 e. The minimum atomic E-state index is 0.0159. The lowest BCUT2D eigenvalue weighted by Crippen LogP contribution is -2.22. The Kier molecular flexibility index (Phi) is 5.72. The molecule has 1 aromatic heterocycles. The van der Waals surface area contributed by atoms with E-state index in [0.29, 0.717) is 23.0 Å². The fourth-order valence-corrected chi connectivity index (χ4v) is 3.86. The highest BCUT2D eigenvalue weighted by Gasteiger charge is 2.07. The van der Waals surface area contributed by atoms with Crippen molar-refractivity contribution in [1.82, 2.24) is 10.3 Å². The number of fused-ring (bicyclic) bond motifs is 1. The van der Waals surface area contributed by atoms with E-state index >= 15 is 0 Å². The Morgan fingerprint density at radius 3 is 2.79 bits per heavy atom. The van der Waals surface area contributed by atoms with Gasteiger partial charge in [-0.15, -0.1) is 11.3 Å². The van der Waals surface area contributed by atoms with Crippen LogP contribution in [-0.2, 0) is 17.8 Å². The summed E-state index contributed by atoms with van der Waals surface area (Å²) in [5.74, 6) is 0.0159. The van der Waals surface area contributed by atoms with Crippen LogP contribution in [0.2, 0.25) is 10.0 Å². The Morgan fingerprint density at radius 2 is 2.00 bits per heavy atom. The molecular formula is C18H16Cl2N2OS. The fourth-order valence-electron chi connectivity index (χ4n) is 2.37. The van der Waals surface area contributed by atoms with E-state index in [9.17, 15) is 4.79 Å². The Hall–Kier alpha value is -1.62. The summed E-state index contributed by atoms with van der Waals surface area (Å²) in [5, 5.41) is 5.12. The van der Waals surface area contributed by atoms with Crippen LogP contribution in [0.1, 0.15) is 23.4 Å². The first-order valence-electron chi connectivity index (χ1n) is 7.67. The predicted octanol–water partition coefficient (Wildman–Crippen LogP) is 5.24. The third kappa shape index (κ3) is 4.47. The molecule has 1 amide bonds. The summed E-state index contributed by atoms with van der Waals surface area (Å²) in [4.78, 5) is 16.5. The number of nitrogens with zero attached hydrogens (tertiary/aromatic N) is 1. The zero-order valence-corrected chi connectivity index (χ0v) is 15.2. The average molecular weight is 379 g/mol. The van der Waals surface area contributed by atoms with Gasteiger partial charge in [-0.25, -0.2) is 4.98 Å². The minimum absolute atomic E-state index is 0.0159. The number of aryl methyl sites for hydroxylation is 1. The lowest BCUT2D eigenvalue weighted by Gasteiger charge is -2.07. The van der Waals surface area contributed by atoms with E-state index < -0.39 is 0 Å². The highest BCUT2D eigenvalue weighted by Crippen LogP contribution is 2.23. The Balaban J connectivity index is 1.45. The standard InChI is InChI=1S/C18H16Cl2N2OS/c19-13-9-8-12(14(20)10-13)11-21-17(23)6-3-7-18-22-15-4-1-2-5-16(15)24-18/h1-2,4-5,8-10H,3,6-7,11H2,(H,21,23). The third-order valence-electron chi connectivity index (χ3n) is 3.62. The zero-order chi connectivity index (χ0) is 16.9. The van der Waals surface area contributed by atoms with Crippen LogP contribution in [0.5, 0.6) is 0 Å². The molecular weight excluding hydrogens is 363 g/mol. The summed E-state index contributed by atoms with van der Waals surface area (Å²) < 4.78 is 1.19. The lowest BCUT2D eigenvalue weighted by molar-refractivity contribution is -0.121. The van der Waals surface area contributed by atoms with E-state index in [1.165, 1.54) is 4.70 Å². The number of amides is 1. The highest BCUT2D eigenvalue weighted by molar-refractivity contribution is 7.18. The summed E-state index contributed by atoms with van der Waals surface area (Å²) >= 11 is 13.6. The van der Waals surface area contributed by atoms with Crippen LogP contribution in [0.3, 0.4) is 0 Å². The van der Waals surface area contributed by atoms with Gasteiger partial charge in [-0.2, -0.15) is 0 Å². The molecule has 6 heteroatoms. The maximum atomic E-state index is 12.0.